The van der Waals surface area contributed by atoms with Crippen LogP contribution in [0.5, 0.6) is 0 Å². The van der Waals surface area contributed by atoms with Crippen LogP contribution in [-0.4, -0.2) is 22.6 Å². The molecule has 0 radical (unpaired) electrons. The van der Waals surface area contributed by atoms with Gasteiger partial charge in [-0.25, -0.2) is 4.79 Å². The van der Waals surface area contributed by atoms with Crippen molar-refractivity contribution in [2.45, 2.75) is 12.5 Å². The number of carboxylic acid groups (broad SMARTS) is 1. The number of hydrogen-bond donors (Lipinski definition) is 3. The third-order valence-electron chi connectivity index (χ3n) is 3.34. The Bertz CT molecular complexity index is 657. The zero-order chi connectivity index (χ0) is 12.7. The largest absolute Gasteiger partial charge is 0.481 e. The van der Waals surface area contributed by atoms with Crippen LogP contribution >= 0.6 is 0 Å². The minimum atomic E-state index is -0.794. The van der Waals surface area contributed by atoms with Crippen molar-refractivity contribution in [1.82, 2.24) is 10.3 Å². The topological polar surface area (TPSA) is 95.3 Å². The highest BCUT2D eigenvalue weighted by atomic mass is 16.4. The number of oxazole rings is 1. The molecule has 3 N–H and O–H groups in total. The third kappa shape index (κ3) is 1.70. The molecule has 2 unspecified atom stereocenters. The van der Waals surface area contributed by atoms with E-state index in [0.29, 0.717) is 24.1 Å². The van der Waals surface area contributed by atoms with E-state index in [1.165, 1.54) is 0 Å². The van der Waals surface area contributed by atoms with Crippen molar-refractivity contribution in [1.29, 1.82) is 0 Å². The van der Waals surface area contributed by atoms with Gasteiger partial charge in [0.15, 0.2) is 5.58 Å². The zero-order valence-corrected chi connectivity index (χ0v) is 9.47. The molecule has 1 aromatic carbocycles. The average molecular weight is 248 g/mol. The summed E-state index contributed by atoms with van der Waals surface area (Å²) in [4.78, 5) is 24.8. The summed E-state index contributed by atoms with van der Waals surface area (Å²) in [5.41, 5.74) is 2.02. The first kappa shape index (κ1) is 11.0. The number of carboxylic acids is 1. The smallest absolute Gasteiger partial charge is 0.417 e. The zero-order valence-electron chi connectivity index (χ0n) is 9.47. The van der Waals surface area contributed by atoms with E-state index < -0.39 is 11.7 Å². The molecule has 6 nitrogen and oxygen atoms in total. The van der Waals surface area contributed by atoms with Crippen LogP contribution in [0.4, 0.5) is 0 Å². The molecule has 3 rings (SSSR count). The van der Waals surface area contributed by atoms with E-state index in [0.717, 1.165) is 5.56 Å². The fourth-order valence-electron chi connectivity index (χ4n) is 2.45. The van der Waals surface area contributed by atoms with Crippen LogP contribution in [0.1, 0.15) is 18.0 Å². The lowest BCUT2D eigenvalue weighted by Gasteiger charge is -2.10. The van der Waals surface area contributed by atoms with Gasteiger partial charge in [-0.2, -0.15) is 0 Å². The molecule has 0 amide bonds. The van der Waals surface area contributed by atoms with Gasteiger partial charge in [0.1, 0.15) is 0 Å². The van der Waals surface area contributed by atoms with Crippen LogP contribution in [0.15, 0.2) is 27.4 Å². The molecule has 2 atom stereocenters. The summed E-state index contributed by atoms with van der Waals surface area (Å²) in [6.07, 6.45) is 0.516. The monoisotopic (exact) mass is 248 g/mol. The van der Waals surface area contributed by atoms with Crippen molar-refractivity contribution in [3.8, 4) is 0 Å². The molecule has 1 aliphatic heterocycles. The second-order valence-corrected chi connectivity index (χ2v) is 4.47. The highest BCUT2D eigenvalue weighted by Gasteiger charge is 2.31. The number of aromatic amines is 1. The standard InChI is InChI=1S/C12H12N2O4/c15-11(16)6-4-8(13-5-6)7-2-1-3-9-10(7)14-12(17)18-9/h1-3,6,8,13H,4-5H2,(H,14,17)(H,15,16). The van der Waals surface area contributed by atoms with E-state index in [-0.39, 0.29) is 12.0 Å². The number of nitrogens with one attached hydrogen (secondary N) is 2. The quantitative estimate of drug-likeness (QED) is 0.732. The number of aromatic nitrogens is 1. The van der Waals surface area contributed by atoms with Crippen molar-refractivity contribution in [3.63, 3.8) is 0 Å². The third-order valence-corrected chi connectivity index (χ3v) is 3.34. The maximum atomic E-state index is 11.2. The van der Waals surface area contributed by atoms with Gasteiger partial charge in [0.25, 0.3) is 0 Å². The lowest BCUT2D eigenvalue weighted by molar-refractivity contribution is -0.141. The Labute approximate surface area is 102 Å². The normalized spacial score (nSPS) is 23.6. The molecular weight excluding hydrogens is 236 g/mol. The van der Waals surface area contributed by atoms with Gasteiger partial charge in [0.05, 0.1) is 11.4 Å². The molecule has 1 fully saturated rings. The van der Waals surface area contributed by atoms with Crippen LogP contribution in [0.25, 0.3) is 11.1 Å². The maximum absolute atomic E-state index is 11.2. The average Bonchev–Trinajstić information content (AvgIpc) is 2.92. The van der Waals surface area contributed by atoms with Gasteiger partial charge in [0, 0.05) is 12.6 Å². The number of para-hydroxylation sites is 1. The lowest BCUT2D eigenvalue weighted by Crippen LogP contribution is -2.17. The SMILES string of the molecule is O=C(O)C1CNC(c2cccc3oc(=O)[nH]c23)C1. The summed E-state index contributed by atoms with van der Waals surface area (Å²) in [6.45, 7) is 0.443. The summed E-state index contributed by atoms with van der Waals surface area (Å²) in [5.74, 6) is -1.67. The molecule has 1 aromatic heterocycles. The summed E-state index contributed by atoms with van der Waals surface area (Å²) in [6, 6.07) is 5.31. The first-order valence-corrected chi connectivity index (χ1v) is 5.73. The van der Waals surface area contributed by atoms with Gasteiger partial charge in [-0.3, -0.25) is 9.78 Å². The molecule has 6 heteroatoms. The maximum Gasteiger partial charge on any atom is 0.417 e. The van der Waals surface area contributed by atoms with E-state index >= 15 is 0 Å². The van der Waals surface area contributed by atoms with E-state index in [9.17, 15) is 9.59 Å². The number of hydrogen-bond acceptors (Lipinski definition) is 4. The number of aliphatic carboxylic acids is 1. The summed E-state index contributed by atoms with van der Waals surface area (Å²) in [5, 5.41) is 12.1. The van der Waals surface area contributed by atoms with E-state index in [4.69, 9.17) is 9.52 Å². The Balaban J connectivity index is 2.00. The number of carbonyl (C=O) groups is 1. The lowest BCUT2D eigenvalue weighted by atomic mass is 9.99. The predicted molar refractivity (Wildman–Crippen MR) is 63.3 cm³/mol. The molecule has 18 heavy (non-hydrogen) atoms. The van der Waals surface area contributed by atoms with Crippen LogP contribution in [0.2, 0.25) is 0 Å². The van der Waals surface area contributed by atoms with Gasteiger partial charge in [-0.1, -0.05) is 12.1 Å². The Morgan fingerprint density at radius 2 is 2.28 bits per heavy atom. The highest BCUT2D eigenvalue weighted by molar-refractivity contribution is 5.77. The highest BCUT2D eigenvalue weighted by Crippen LogP contribution is 2.30. The minimum Gasteiger partial charge on any atom is -0.481 e. The van der Waals surface area contributed by atoms with Gasteiger partial charge in [-0.15, -0.1) is 0 Å². The van der Waals surface area contributed by atoms with E-state index in [1.54, 1.807) is 12.1 Å². The number of H-pyrrole nitrogens is 1. The van der Waals surface area contributed by atoms with Crippen molar-refractivity contribution in [2.75, 3.05) is 6.54 Å². The molecule has 1 saturated heterocycles. The van der Waals surface area contributed by atoms with Gasteiger partial charge in [-0.05, 0) is 18.1 Å². The summed E-state index contributed by atoms with van der Waals surface area (Å²) >= 11 is 0. The number of rotatable bonds is 2. The second kappa shape index (κ2) is 3.99. The molecular formula is C12H12N2O4. The molecule has 2 heterocycles. The first-order valence-electron chi connectivity index (χ1n) is 5.73. The van der Waals surface area contributed by atoms with Crippen LogP contribution in [0.3, 0.4) is 0 Å². The van der Waals surface area contributed by atoms with Crippen molar-refractivity contribution in [3.05, 3.63) is 34.3 Å². The van der Waals surface area contributed by atoms with Crippen molar-refractivity contribution >= 4 is 17.1 Å². The Hall–Kier alpha value is -2.08. The number of benzene rings is 1. The molecule has 2 aromatic rings. The van der Waals surface area contributed by atoms with Crippen molar-refractivity contribution in [2.24, 2.45) is 5.92 Å². The summed E-state index contributed by atoms with van der Waals surface area (Å²) < 4.78 is 4.99. The molecule has 0 saturated carbocycles. The Morgan fingerprint density at radius 1 is 1.44 bits per heavy atom. The predicted octanol–water partition coefficient (Wildman–Crippen LogP) is 0.856. The van der Waals surface area contributed by atoms with Crippen molar-refractivity contribution < 1.29 is 14.3 Å². The van der Waals surface area contributed by atoms with Crippen LogP contribution in [0, 0.1) is 5.92 Å². The molecule has 0 aliphatic carbocycles. The van der Waals surface area contributed by atoms with Crippen LogP contribution < -0.4 is 11.1 Å². The van der Waals surface area contributed by atoms with Crippen LogP contribution in [-0.2, 0) is 4.79 Å². The van der Waals surface area contributed by atoms with Gasteiger partial charge in [0.2, 0.25) is 0 Å². The molecule has 94 valence electrons. The Kier molecular flexibility index (Phi) is 2.45. The van der Waals surface area contributed by atoms with E-state index in [1.807, 2.05) is 6.07 Å². The fourth-order valence-corrected chi connectivity index (χ4v) is 2.45. The molecule has 0 bridgehead atoms. The minimum absolute atomic E-state index is 0.0666. The first-order chi connectivity index (χ1) is 8.65. The second-order valence-electron chi connectivity index (χ2n) is 4.47. The summed E-state index contributed by atoms with van der Waals surface area (Å²) in [7, 11) is 0. The van der Waals surface area contributed by atoms with Gasteiger partial charge >= 0.3 is 11.7 Å². The number of fused-ring (bicyclic) bond motifs is 1. The van der Waals surface area contributed by atoms with E-state index in [2.05, 4.69) is 10.3 Å². The Morgan fingerprint density at radius 3 is 3.00 bits per heavy atom. The fraction of sp³-hybridized carbons (Fsp3) is 0.333. The van der Waals surface area contributed by atoms with Gasteiger partial charge < -0.3 is 14.8 Å². The molecule has 0 spiro atoms. The molecule has 1 aliphatic rings.